The van der Waals surface area contributed by atoms with Crippen molar-refractivity contribution in [1.82, 2.24) is 9.97 Å². The molecule has 2 nitrogen and oxygen atoms in total. The van der Waals surface area contributed by atoms with E-state index in [4.69, 9.17) is 0 Å². The SMILES string of the molecule is CCc1nc(C)ncc1C(C)F. The quantitative estimate of drug-likeness (QED) is 0.677. The van der Waals surface area contributed by atoms with E-state index in [1.54, 1.807) is 6.20 Å². The largest absolute Gasteiger partial charge is 0.242 e. The Hall–Kier alpha value is -0.990. The van der Waals surface area contributed by atoms with Crippen molar-refractivity contribution in [1.29, 1.82) is 0 Å². The Morgan fingerprint density at radius 1 is 1.58 bits per heavy atom. The van der Waals surface area contributed by atoms with E-state index in [-0.39, 0.29) is 0 Å². The van der Waals surface area contributed by atoms with Crippen LogP contribution in [0.1, 0.15) is 37.1 Å². The number of nitrogens with zero attached hydrogens (tertiary/aromatic N) is 2. The summed E-state index contributed by atoms with van der Waals surface area (Å²) in [6.07, 6.45) is 1.36. The molecule has 0 aliphatic rings. The summed E-state index contributed by atoms with van der Waals surface area (Å²) in [5.74, 6) is 0.705. The fourth-order valence-electron chi connectivity index (χ4n) is 1.14. The van der Waals surface area contributed by atoms with Gasteiger partial charge in [-0.1, -0.05) is 6.92 Å². The van der Waals surface area contributed by atoms with Crippen LogP contribution < -0.4 is 0 Å². The zero-order valence-corrected chi connectivity index (χ0v) is 7.63. The van der Waals surface area contributed by atoms with E-state index in [9.17, 15) is 4.39 Å². The molecule has 0 aliphatic heterocycles. The van der Waals surface area contributed by atoms with E-state index in [0.29, 0.717) is 11.4 Å². The van der Waals surface area contributed by atoms with Crippen LogP contribution in [0.3, 0.4) is 0 Å². The summed E-state index contributed by atoms with van der Waals surface area (Å²) in [4.78, 5) is 8.12. The summed E-state index contributed by atoms with van der Waals surface area (Å²) in [6.45, 7) is 5.28. The summed E-state index contributed by atoms with van der Waals surface area (Å²) in [5.41, 5.74) is 1.43. The molecule has 0 fully saturated rings. The Labute approximate surface area is 71.9 Å². The second-order valence-corrected chi connectivity index (χ2v) is 2.79. The smallest absolute Gasteiger partial charge is 0.126 e. The van der Waals surface area contributed by atoms with Crippen LogP contribution in [0.5, 0.6) is 0 Å². The van der Waals surface area contributed by atoms with Crippen molar-refractivity contribution in [3.05, 3.63) is 23.3 Å². The van der Waals surface area contributed by atoms with Gasteiger partial charge in [0.15, 0.2) is 0 Å². The molecule has 0 spiro atoms. The lowest BCUT2D eigenvalue weighted by Gasteiger charge is -2.07. The van der Waals surface area contributed by atoms with Crippen molar-refractivity contribution in [2.45, 2.75) is 33.4 Å². The van der Waals surface area contributed by atoms with E-state index >= 15 is 0 Å². The first kappa shape index (κ1) is 9.10. The van der Waals surface area contributed by atoms with Gasteiger partial charge in [-0.2, -0.15) is 0 Å². The molecule has 12 heavy (non-hydrogen) atoms. The molecule has 1 aromatic rings. The van der Waals surface area contributed by atoms with Crippen molar-refractivity contribution in [2.24, 2.45) is 0 Å². The number of aryl methyl sites for hydroxylation is 2. The summed E-state index contributed by atoms with van der Waals surface area (Å²) < 4.78 is 12.9. The van der Waals surface area contributed by atoms with E-state index in [2.05, 4.69) is 9.97 Å². The minimum Gasteiger partial charge on any atom is -0.242 e. The molecule has 0 bridgehead atoms. The highest BCUT2D eigenvalue weighted by atomic mass is 19.1. The third kappa shape index (κ3) is 1.78. The predicted molar refractivity (Wildman–Crippen MR) is 45.7 cm³/mol. The maximum atomic E-state index is 12.9. The summed E-state index contributed by atoms with van der Waals surface area (Å²) in [7, 11) is 0. The van der Waals surface area contributed by atoms with Crippen LogP contribution >= 0.6 is 0 Å². The Bertz CT molecular complexity index is 271. The van der Waals surface area contributed by atoms with Crippen molar-refractivity contribution >= 4 is 0 Å². The third-order valence-electron chi connectivity index (χ3n) is 1.78. The van der Waals surface area contributed by atoms with E-state index < -0.39 is 6.17 Å². The molecule has 0 aromatic carbocycles. The van der Waals surface area contributed by atoms with Crippen LogP contribution in [0.25, 0.3) is 0 Å². The predicted octanol–water partition coefficient (Wildman–Crippen LogP) is 2.38. The van der Waals surface area contributed by atoms with E-state index in [1.165, 1.54) is 6.92 Å². The van der Waals surface area contributed by atoms with Crippen LogP contribution in [0.15, 0.2) is 6.20 Å². The number of hydrogen-bond acceptors (Lipinski definition) is 2. The van der Waals surface area contributed by atoms with Crippen molar-refractivity contribution in [3.8, 4) is 0 Å². The average molecular weight is 168 g/mol. The maximum Gasteiger partial charge on any atom is 0.126 e. The van der Waals surface area contributed by atoms with Gasteiger partial charge in [0.2, 0.25) is 0 Å². The molecule has 0 amide bonds. The Kier molecular flexibility index (Phi) is 2.74. The fraction of sp³-hybridized carbons (Fsp3) is 0.556. The van der Waals surface area contributed by atoms with Crippen LogP contribution in [0.4, 0.5) is 4.39 Å². The van der Waals surface area contributed by atoms with Gasteiger partial charge in [0, 0.05) is 17.5 Å². The summed E-state index contributed by atoms with van der Waals surface area (Å²) in [6, 6.07) is 0. The highest BCUT2D eigenvalue weighted by molar-refractivity contribution is 5.19. The highest BCUT2D eigenvalue weighted by Gasteiger charge is 2.09. The standard InChI is InChI=1S/C9H13FN2/c1-4-9-8(6(2)10)5-11-7(3)12-9/h5-6H,4H2,1-3H3. The molecule has 0 radical (unpaired) electrons. The van der Waals surface area contributed by atoms with Gasteiger partial charge in [-0.05, 0) is 20.3 Å². The molecule has 66 valence electrons. The average Bonchev–Trinajstić information content (AvgIpc) is 2.03. The van der Waals surface area contributed by atoms with Gasteiger partial charge < -0.3 is 0 Å². The first-order valence-corrected chi connectivity index (χ1v) is 4.11. The number of halogens is 1. The van der Waals surface area contributed by atoms with Crippen LogP contribution in [0, 0.1) is 6.92 Å². The van der Waals surface area contributed by atoms with Crippen LogP contribution in [-0.4, -0.2) is 9.97 Å². The minimum atomic E-state index is -0.972. The third-order valence-corrected chi connectivity index (χ3v) is 1.78. The van der Waals surface area contributed by atoms with Crippen LogP contribution in [0.2, 0.25) is 0 Å². The molecule has 1 rings (SSSR count). The molecule has 1 atom stereocenters. The molecule has 3 heteroatoms. The first-order valence-electron chi connectivity index (χ1n) is 4.11. The summed E-state index contributed by atoms with van der Waals surface area (Å²) >= 11 is 0. The lowest BCUT2D eigenvalue weighted by atomic mass is 10.1. The second kappa shape index (κ2) is 3.61. The molecular formula is C9H13FN2. The van der Waals surface area contributed by atoms with E-state index in [0.717, 1.165) is 12.1 Å². The Morgan fingerprint density at radius 2 is 2.25 bits per heavy atom. The van der Waals surface area contributed by atoms with Gasteiger partial charge in [0.25, 0.3) is 0 Å². The van der Waals surface area contributed by atoms with Gasteiger partial charge in [0.05, 0.1) is 0 Å². The fourth-order valence-corrected chi connectivity index (χ4v) is 1.14. The van der Waals surface area contributed by atoms with Gasteiger partial charge in [-0.3, -0.25) is 0 Å². The number of hydrogen-bond donors (Lipinski definition) is 0. The monoisotopic (exact) mass is 168 g/mol. The first-order chi connectivity index (χ1) is 5.65. The molecule has 0 N–H and O–H groups in total. The minimum absolute atomic E-state index is 0.614. The lowest BCUT2D eigenvalue weighted by Crippen LogP contribution is -2.01. The molecule has 0 saturated carbocycles. The maximum absolute atomic E-state index is 12.9. The normalized spacial score (nSPS) is 13.0. The van der Waals surface area contributed by atoms with Gasteiger partial charge in [-0.15, -0.1) is 0 Å². The number of aromatic nitrogens is 2. The Balaban J connectivity index is 3.11. The molecular weight excluding hydrogens is 155 g/mol. The van der Waals surface area contributed by atoms with Crippen molar-refractivity contribution < 1.29 is 4.39 Å². The van der Waals surface area contributed by atoms with Crippen molar-refractivity contribution in [3.63, 3.8) is 0 Å². The zero-order chi connectivity index (χ0) is 9.14. The van der Waals surface area contributed by atoms with Gasteiger partial charge in [-0.25, -0.2) is 14.4 Å². The number of alkyl halides is 1. The van der Waals surface area contributed by atoms with Gasteiger partial charge >= 0.3 is 0 Å². The Morgan fingerprint density at radius 3 is 2.75 bits per heavy atom. The molecule has 1 aromatic heterocycles. The number of rotatable bonds is 2. The lowest BCUT2D eigenvalue weighted by molar-refractivity contribution is 0.369. The van der Waals surface area contributed by atoms with Gasteiger partial charge in [0.1, 0.15) is 12.0 Å². The highest BCUT2D eigenvalue weighted by Crippen LogP contribution is 2.18. The molecule has 0 saturated heterocycles. The molecule has 1 heterocycles. The molecule has 0 aliphatic carbocycles. The second-order valence-electron chi connectivity index (χ2n) is 2.79. The zero-order valence-electron chi connectivity index (χ0n) is 7.63. The summed E-state index contributed by atoms with van der Waals surface area (Å²) in [5, 5.41) is 0. The van der Waals surface area contributed by atoms with Crippen LogP contribution in [-0.2, 0) is 6.42 Å². The topological polar surface area (TPSA) is 25.8 Å². The molecule has 1 unspecified atom stereocenters. The van der Waals surface area contributed by atoms with E-state index in [1.807, 2.05) is 13.8 Å². The van der Waals surface area contributed by atoms with Crippen molar-refractivity contribution in [2.75, 3.05) is 0 Å².